The van der Waals surface area contributed by atoms with Crippen LogP contribution in [0.25, 0.3) is 0 Å². The molecule has 9 nitrogen and oxygen atoms in total. The fourth-order valence-corrected chi connectivity index (χ4v) is 0. The van der Waals surface area contributed by atoms with Gasteiger partial charge in [0.1, 0.15) is 0 Å². The maximum Gasteiger partial charge on any atom is 3.00 e. The first-order valence-electron chi connectivity index (χ1n) is 1.84. The maximum atomic E-state index is 8.52. The fourth-order valence-electron chi connectivity index (χ4n) is 0. The van der Waals surface area contributed by atoms with Crippen LogP contribution in [0.5, 0.6) is 0 Å². The molecule has 0 aromatic carbocycles. The molecule has 0 N–H and O–H groups in total. The third kappa shape index (κ3) is 1040. The molecule has 14 heteroatoms. The summed E-state index contributed by atoms with van der Waals surface area (Å²) in [7, 11) is -10.9. The second kappa shape index (κ2) is 23.9. The standard InChI is InChI=1S/Gd.Lu.3O3Si/c;;3*1-4(2)3/q2*+3;3*-2. The third-order valence-electron chi connectivity index (χ3n) is 0. The van der Waals surface area contributed by atoms with E-state index in [4.69, 9.17) is 42.2 Å². The van der Waals surface area contributed by atoms with E-state index in [-0.39, 0.29) is 76.8 Å². The number of hydrogen-bond donors (Lipinski definition) is 0. The largest absolute Gasteiger partial charge is 3.00 e. The molecule has 0 aliphatic carbocycles. The van der Waals surface area contributed by atoms with Crippen LogP contribution in [0, 0.1) is 76.8 Å². The molecule has 0 heterocycles. The van der Waals surface area contributed by atoms with Gasteiger partial charge in [-0.15, -0.1) is 0 Å². The first-order chi connectivity index (χ1) is 5.20. The first-order valence-corrected chi connectivity index (χ1v) is 5.51. The zero-order valence-electron chi connectivity index (χ0n) is 5.79. The molecule has 0 aliphatic heterocycles. The molecule has 0 rings (SSSR count). The fraction of sp³-hybridized carbons (Fsp3) is 0. The Kier molecular flexibility index (Phi) is 50.4. The van der Waals surface area contributed by atoms with Gasteiger partial charge < -0.3 is 42.2 Å². The van der Waals surface area contributed by atoms with Crippen LogP contribution in [0.4, 0.5) is 0 Å². The smallest absolute Gasteiger partial charge is 0.672 e. The van der Waals surface area contributed by atoms with Crippen molar-refractivity contribution >= 4 is 27.5 Å². The molecule has 0 aromatic heterocycles. The van der Waals surface area contributed by atoms with Crippen LogP contribution < -0.4 is 28.8 Å². The molecule has 0 spiro atoms. The SMILES string of the molecule is O=[Si]([O-])[O-].O=[Si]([O-])[O-].O=[Si]([O-])[O-].[Gd+3].[Lu+3]. The van der Waals surface area contributed by atoms with Gasteiger partial charge in [-0.1, -0.05) is 0 Å². The van der Waals surface area contributed by atoms with Gasteiger partial charge in [0.25, 0.3) is 0 Å². The van der Waals surface area contributed by atoms with Crippen molar-refractivity contribution in [3.8, 4) is 0 Å². The second-order valence-electron chi connectivity index (χ2n) is 0.750. The van der Waals surface area contributed by atoms with Gasteiger partial charge >= 0.3 is 76.8 Å². The molecule has 0 aromatic rings. The summed E-state index contributed by atoms with van der Waals surface area (Å²) in [5.41, 5.74) is 0. The Hall–Kier alpha value is 1.41. The third-order valence-corrected chi connectivity index (χ3v) is 0. The van der Waals surface area contributed by atoms with Gasteiger partial charge in [-0.3, -0.25) is 0 Å². The first kappa shape index (κ1) is 29.5. The minimum absolute atomic E-state index is 0. The van der Waals surface area contributed by atoms with Gasteiger partial charge in [0.2, 0.25) is 0 Å². The van der Waals surface area contributed by atoms with E-state index in [9.17, 15) is 0 Å². The van der Waals surface area contributed by atoms with Crippen molar-refractivity contribution in [2.24, 2.45) is 0 Å². The van der Waals surface area contributed by atoms with E-state index < -0.39 is 27.5 Å². The summed E-state index contributed by atoms with van der Waals surface area (Å²) in [6.45, 7) is 0. The van der Waals surface area contributed by atoms with Crippen molar-refractivity contribution in [3.05, 3.63) is 0 Å². The van der Waals surface area contributed by atoms with E-state index in [1.807, 2.05) is 0 Å². The van der Waals surface area contributed by atoms with E-state index in [1.54, 1.807) is 0 Å². The molecule has 0 saturated heterocycles. The molecular weight excluding hydrogens is 560 g/mol. The molecule has 0 fully saturated rings. The summed E-state index contributed by atoms with van der Waals surface area (Å²) >= 11 is 0. The molecule has 0 bridgehead atoms. The van der Waals surface area contributed by atoms with Crippen LogP contribution in [0.3, 0.4) is 0 Å². The predicted octanol–water partition coefficient (Wildman–Crippen LogP) is -8.63. The maximum absolute atomic E-state index is 8.52. The number of hydrogen-bond acceptors (Lipinski definition) is 9. The van der Waals surface area contributed by atoms with Gasteiger partial charge in [0, 0.05) is 27.5 Å². The molecule has 0 unspecified atom stereocenters. The van der Waals surface area contributed by atoms with Crippen LogP contribution in [0.15, 0.2) is 0 Å². The summed E-state index contributed by atoms with van der Waals surface area (Å²) < 4.78 is 25.6. The topological polar surface area (TPSA) is 190 Å². The van der Waals surface area contributed by atoms with Crippen molar-refractivity contribution in [2.75, 3.05) is 0 Å². The minimum atomic E-state index is -3.63. The van der Waals surface area contributed by atoms with Crippen molar-refractivity contribution in [1.29, 1.82) is 0 Å². The average molecular weight is 560 g/mol. The van der Waals surface area contributed by atoms with E-state index in [2.05, 4.69) is 0 Å². The van der Waals surface area contributed by atoms with Crippen LogP contribution in [-0.4, -0.2) is 27.5 Å². The van der Waals surface area contributed by atoms with E-state index in [0.29, 0.717) is 0 Å². The van der Waals surface area contributed by atoms with E-state index in [1.165, 1.54) is 0 Å². The Bertz CT molecular complexity index is 118. The zero-order valence-corrected chi connectivity index (χ0v) is 12.7. The monoisotopic (exact) mass is 561 g/mol. The second-order valence-corrected chi connectivity index (χ2v) is 2.25. The van der Waals surface area contributed by atoms with Crippen LogP contribution in [0.1, 0.15) is 0 Å². The van der Waals surface area contributed by atoms with Crippen molar-refractivity contribution < 1.29 is 119 Å². The number of rotatable bonds is 0. The van der Waals surface area contributed by atoms with E-state index in [0.717, 1.165) is 0 Å². The van der Waals surface area contributed by atoms with Crippen LogP contribution in [0.2, 0.25) is 0 Å². The van der Waals surface area contributed by atoms with Crippen molar-refractivity contribution in [3.63, 3.8) is 0 Å². The van der Waals surface area contributed by atoms with Gasteiger partial charge in [-0.25, -0.2) is 0 Å². The van der Waals surface area contributed by atoms with Gasteiger partial charge in [-0.05, 0) is 0 Å². The quantitative estimate of drug-likeness (QED) is 0.259. The Morgan fingerprint density at radius 3 is 0.571 bits per heavy atom. The molecule has 0 saturated carbocycles. The van der Waals surface area contributed by atoms with Crippen molar-refractivity contribution in [2.45, 2.75) is 0 Å². The molecule has 0 atom stereocenters. The van der Waals surface area contributed by atoms with E-state index >= 15 is 0 Å². The molecule has 0 amide bonds. The molecule has 89 valence electrons. The van der Waals surface area contributed by atoms with Crippen LogP contribution in [-0.2, 0) is 13.4 Å². The summed E-state index contributed by atoms with van der Waals surface area (Å²) in [5, 5.41) is 0. The normalized spacial score (nSPS) is 5.14. The predicted molar refractivity (Wildman–Crippen MR) is 19.3 cm³/mol. The summed E-state index contributed by atoms with van der Waals surface area (Å²) in [6.07, 6.45) is 0. The minimum Gasteiger partial charge on any atom is -0.672 e. The summed E-state index contributed by atoms with van der Waals surface area (Å²) in [4.78, 5) is 51.1. The van der Waals surface area contributed by atoms with Gasteiger partial charge in [0.05, 0.1) is 0 Å². The van der Waals surface area contributed by atoms with Gasteiger partial charge in [-0.2, -0.15) is 0 Å². The Labute approximate surface area is 144 Å². The Balaban J connectivity index is -0.0000000270. The average Bonchev–Trinajstić information content (AvgIpc) is 1.54. The summed E-state index contributed by atoms with van der Waals surface area (Å²) in [6, 6.07) is 0. The molecule has 1 radical (unpaired) electrons. The van der Waals surface area contributed by atoms with Crippen molar-refractivity contribution in [1.82, 2.24) is 0 Å². The molecular formula is GdLuO9Si3. The Morgan fingerprint density at radius 1 is 0.571 bits per heavy atom. The molecule has 0 aliphatic rings. The zero-order chi connectivity index (χ0) is 10.7. The Morgan fingerprint density at radius 2 is 0.571 bits per heavy atom. The van der Waals surface area contributed by atoms with Gasteiger partial charge in [0.15, 0.2) is 0 Å². The molecule has 14 heavy (non-hydrogen) atoms. The summed E-state index contributed by atoms with van der Waals surface area (Å²) in [5.74, 6) is 0. The van der Waals surface area contributed by atoms with Crippen LogP contribution >= 0.6 is 0 Å².